The molecular formula is C17H36IN5. The van der Waals surface area contributed by atoms with E-state index < -0.39 is 0 Å². The second-order valence-electron chi connectivity index (χ2n) is 6.95. The molecule has 0 aromatic heterocycles. The Balaban J connectivity index is 0.00000484. The van der Waals surface area contributed by atoms with Gasteiger partial charge in [-0.05, 0) is 40.5 Å². The van der Waals surface area contributed by atoms with Crippen LogP contribution >= 0.6 is 24.0 Å². The molecule has 5 nitrogen and oxygen atoms in total. The van der Waals surface area contributed by atoms with E-state index >= 15 is 0 Å². The third-order valence-corrected chi connectivity index (χ3v) is 3.70. The van der Waals surface area contributed by atoms with Crippen LogP contribution < -0.4 is 16.0 Å². The lowest BCUT2D eigenvalue weighted by Gasteiger charge is -2.32. The van der Waals surface area contributed by atoms with Crippen molar-refractivity contribution in [1.82, 2.24) is 20.9 Å². The predicted molar refractivity (Wildman–Crippen MR) is 112 cm³/mol. The van der Waals surface area contributed by atoms with Crippen LogP contribution in [0.25, 0.3) is 0 Å². The van der Waals surface area contributed by atoms with Crippen LogP contribution in [-0.2, 0) is 0 Å². The monoisotopic (exact) mass is 437 g/mol. The van der Waals surface area contributed by atoms with Gasteiger partial charge < -0.3 is 16.0 Å². The zero-order chi connectivity index (χ0) is 16.4. The molecule has 0 amide bonds. The number of aliphatic imine (C=N–C) groups is 1. The average molecular weight is 437 g/mol. The summed E-state index contributed by atoms with van der Waals surface area (Å²) in [6, 6.07) is 0.523. The number of rotatable bonds is 7. The van der Waals surface area contributed by atoms with Crippen LogP contribution in [0, 0.1) is 0 Å². The topological polar surface area (TPSA) is 51.7 Å². The largest absolute Gasteiger partial charge is 0.357 e. The molecule has 0 aromatic carbocycles. The van der Waals surface area contributed by atoms with Crippen LogP contribution in [0.2, 0.25) is 0 Å². The first-order valence-electron chi connectivity index (χ1n) is 8.57. The van der Waals surface area contributed by atoms with Gasteiger partial charge in [-0.25, -0.2) is 0 Å². The molecule has 0 aliphatic carbocycles. The van der Waals surface area contributed by atoms with Crippen LogP contribution in [0.5, 0.6) is 0 Å². The number of guanidine groups is 1. The van der Waals surface area contributed by atoms with E-state index in [0.29, 0.717) is 6.04 Å². The Labute approximate surface area is 159 Å². The van der Waals surface area contributed by atoms with Crippen molar-refractivity contribution in [2.24, 2.45) is 4.99 Å². The number of nitrogens with one attached hydrogen (secondary N) is 3. The maximum atomic E-state index is 4.67. The fourth-order valence-electron chi connectivity index (χ4n) is 2.55. The Morgan fingerprint density at radius 3 is 2.48 bits per heavy atom. The van der Waals surface area contributed by atoms with Crippen LogP contribution in [0.4, 0.5) is 0 Å². The van der Waals surface area contributed by atoms with Crippen molar-refractivity contribution in [1.29, 1.82) is 0 Å². The van der Waals surface area contributed by atoms with Gasteiger partial charge in [0.15, 0.2) is 5.96 Å². The molecule has 23 heavy (non-hydrogen) atoms. The van der Waals surface area contributed by atoms with Crippen molar-refractivity contribution in [2.75, 3.05) is 39.3 Å². The normalized spacial score (nSPS) is 17.5. The van der Waals surface area contributed by atoms with Gasteiger partial charge in [0.05, 0.1) is 6.54 Å². The van der Waals surface area contributed by atoms with E-state index in [1.807, 2.05) is 6.08 Å². The van der Waals surface area contributed by atoms with Crippen molar-refractivity contribution >= 4 is 29.9 Å². The van der Waals surface area contributed by atoms with Crippen molar-refractivity contribution in [2.45, 2.75) is 52.1 Å². The number of piperidine rings is 1. The summed E-state index contributed by atoms with van der Waals surface area (Å²) in [5.74, 6) is 0.945. The lowest BCUT2D eigenvalue weighted by Crippen LogP contribution is -2.49. The van der Waals surface area contributed by atoms with E-state index in [-0.39, 0.29) is 29.5 Å². The summed E-state index contributed by atoms with van der Waals surface area (Å²) in [5.41, 5.74) is 0.152. The Morgan fingerprint density at radius 2 is 1.96 bits per heavy atom. The second-order valence-corrected chi connectivity index (χ2v) is 6.95. The summed E-state index contributed by atoms with van der Waals surface area (Å²) in [4.78, 5) is 7.12. The summed E-state index contributed by atoms with van der Waals surface area (Å²) in [7, 11) is 0. The number of halogens is 1. The van der Waals surface area contributed by atoms with Gasteiger partial charge in [0, 0.05) is 44.3 Å². The third-order valence-electron chi connectivity index (χ3n) is 3.70. The first kappa shape index (κ1) is 22.7. The minimum atomic E-state index is 0. The van der Waals surface area contributed by atoms with E-state index in [9.17, 15) is 0 Å². The van der Waals surface area contributed by atoms with Crippen molar-refractivity contribution in [3.63, 3.8) is 0 Å². The summed E-state index contributed by atoms with van der Waals surface area (Å²) < 4.78 is 0. The van der Waals surface area contributed by atoms with Crippen LogP contribution in [0.3, 0.4) is 0 Å². The number of hydrogen-bond donors (Lipinski definition) is 3. The van der Waals surface area contributed by atoms with Gasteiger partial charge in [-0.15, -0.1) is 30.6 Å². The molecule has 0 saturated carbocycles. The molecule has 0 aromatic rings. The van der Waals surface area contributed by atoms with Crippen molar-refractivity contribution < 1.29 is 0 Å². The first-order valence-corrected chi connectivity index (χ1v) is 8.57. The van der Waals surface area contributed by atoms with Gasteiger partial charge in [-0.1, -0.05) is 6.08 Å². The van der Waals surface area contributed by atoms with Gasteiger partial charge in [0.25, 0.3) is 0 Å². The molecule has 0 unspecified atom stereocenters. The van der Waals surface area contributed by atoms with E-state index in [2.05, 4.69) is 60.1 Å². The van der Waals surface area contributed by atoms with Crippen molar-refractivity contribution in [3.05, 3.63) is 12.7 Å². The number of likely N-dealkylation sites (tertiary alicyclic amines) is 1. The zero-order valence-electron chi connectivity index (χ0n) is 15.3. The molecular weight excluding hydrogens is 401 g/mol. The molecule has 1 aliphatic rings. The Kier molecular flexibility index (Phi) is 11.9. The molecule has 1 fully saturated rings. The van der Waals surface area contributed by atoms with Crippen LogP contribution in [0.15, 0.2) is 17.6 Å². The number of nitrogens with zero attached hydrogens (tertiary/aromatic N) is 2. The van der Waals surface area contributed by atoms with E-state index in [0.717, 1.165) is 45.2 Å². The number of hydrogen-bond acceptors (Lipinski definition) is 3. The van der Waals surface area contributed by atoms with Gasteiger partial charge >= 0.3 is 0 Å². The second kappa shape index (κ2) is 12.1. The van der Waals surface area contributed by atoms with Gasteiger partial charge in [-0.3, -0.25) is 9.89 Å². The Hall–Kier alpha value is -0.340. The smallest absolute Gasteiger partial charge is 0.191 e. The molecule has 0 bridgehead atoms. The maximum Gasteiger partial charge on any atom is 0.191 e. The zero-order valence-corrected chi connectivity index (χ0v) is 17.7. The summed E-state index contributed by atoms with van der Waals surface area (Å²) in [6.07, 6.45) is 4.32. The lowest BCUT2D eigenvalue weighted by molar-refractivity contribution is 0.225. The molecule has 0 radical (unpaired) electrons. The summed E-state index contributed by atoms with van der Waals surface area (Å²) in [6.45, 7) is 18.3. The summed E-state index contributed by atoms with van der Waals surface area (Å²) in [5, 5.41) is 10.4. The molecule has 1 rings (SSSR count). The average Bonchev–Trinajstić information content (AvgIpc) is 2.45. The van der Waals surface area contributed by atoms with E-state index in [1.165, 1.54) is 12.8 Å². The third kappa shape index (κ3) is 10.9. The Morgan fingerprint density at radius 1 is 1.30 bits per heavy atom. The van der Waals surface area contributed by atoms with E-state index in [1.54, 1.807) is 0 Å². The molecule has 3 N–H and O–H groups in total. The molecule has 136 valence electrons. The first-order chi connectivity index (χ1) is 10.4. The highest BCUT2D eigenvalue weighted by Gasteiger charge is 2.19. The molecule has 0 atom stereocenters. The highest BCUT2D eigenvalue weighted by atomic mass is 127. The fraction of sp³-hybridized carbons (Fsp3) is 0.824. The highest BCUT2D eigenvalue weighted by Crippen LogP contribution is 2.09. The summed E-state index contributed by atoms with van der Waals surface area (Å²) >= 11 is 0. The molecule has 1 saturated heterocycles. The molecule has 0 spiro atoms. The maximum absolute atomic E-state index is 4.67. The highest BCUT2D eigenvalue weighted by molar-refractivity contribution is 14.0. The fourth-order valence-corrected chi connectivity index (χ4v) is 2.55. The molecule has 6 heteroatoms. The minimum Gasteiger partial charge on any atom is -0.357 e. The van der Waals surface area contributed by atoms with Gasteiger partial charge in [0.1, 0.15) is 0 Å². The predicted octanol–water partition coefficient (Wildman–Crippen LogP) is 2.20. The van der Waals surface area contributed by atoms with E-state index in [4.69, 9.17) is 0 Å². The Bertz CT molecular complexity index is 343. The quantitative estimate of drug-likeness (QED) is 0.188. The standard InChI is InChI=1S/C17H35N5.HI/c1-6-12-22-13-8-15(9-14-22)21-16(18-7-2)19-10-11-20-17(3,4)5;/h6,15,20H,1,7-14H2,2-5H3,(H2,18,19,21);1H. The minimum absolute atomic E-state index is 0. The molecule has 1 heterocycles. The van der Waals surface area contributed by atoms with Crippen LogP contribution in [-0.4, -0.2) is 61.7 Å². The SMILES string of the molecule is C=CCN1CCC(NC(=NCCNC(C)(C)C)NCC)CC1.I. The van der Waals surface area contributed by atoms with Gasteiger partial charge in [0.2, 0.25) is 0 Å². The van der Waals surface area contributed by atoms with Crippen molar-refractivity contribution in [3.8, 4) is 0 Å². The molecule has 1 aliphatic heterocycles. The van der Waals surface area contributed by atoms with Gasteiger partial charge in [-0.2, -0.15) is 0 Å². The van der Waals surface area contributed by atoms with Crippen LogP contribution in [0.1, 0.15) is 40.5 Å². The lowest BCUT2D eigenvalue weighted by atomic mass is 10.1.